The monoisotopic (exact) mass is 613 g/mol. The van der Waals surface area contributed by atoms with E-state index in [1.54, 1.807) is 12.4 Å². The molecule has 0 saturated heterocycles. The molecule has 0 saturated carbocycles. The third-order valence-electron chi connectivity index (χ3n) is 7.93. The van der Waals surface area contributed by atoms with Crippen molar-refractivity contribution in [3.05, 3.63) is 57.6 Å². The summed E-state index contributed by atoms with van der Waals surface area (Å²) in [5.74, 6) is 0.674. The predicted octanol–water partition coefficient (Wildman–Crippen LogP) is 3.83. The van der Waals surface area contributed by atoms with Crippen molar-refractivity contribution in [2.45, 2.75) is 91.1 Å². The van der Waals surface area contributed by atoms with Crippen molar-refractivity contribution in [3.63, 3.8) is 0 Å². The molecule has 1 radical (unpaired) electrons. The number of rotatable bonds is 0. The molecule has 6 nitrogen and oxygen atoms in total. The zero-order chi connectivity index (χ0) is 29.5. The summed E-state index contributed by atoms with van der Waals surface area (Å²) in [6.07, 6.45) is 8.36. The molecule has 2 unspecified atom stereocenters. The van der Waals surface area contributed by atoms with Crippen LogP contribution in [-0.4, -0.2) is 62.9 Å². The molecule has 0 fully saturated rings. The van der Waals surface area contributed by atoms with Gasteiger partial charge in [-0.1, -0.05) is 41.5 Å². The standard InChI is InChI=1S/C34H52N4O2.Cu/c1-33(2,3)29-17-25-21-35-13-14-36-22-26-18-30(34(4,5)6)20-28(32(26)40)24-38(8)16-12-10-9-11-15-37(7)23-27(19-29)31(25)39;/h17-22,39-40H,9-16,23-24H2,1-8H3;/p+2. The largest absolute Gasteiger partial charge is 0.507 e. The molecule has 2 aromatic carbocycles. The minimum Gasteiger partial charge on any atom is -0.507 e. The van der Waals surface area contributed by atoms with Crippen LogP contribution in [0.1, 0.15) is 101 Å². The van der Waals surface area contributed by atoms with Crippen molar-refractivity contribution in [2.24, 2.45) is 9.98 Å². The molecule has 0 aliphatic carbocycles. The molecule has 4 bridgehead atoms. The Morgan fingerprint density at radius 3 is 1.32 bits per heavy atom. The summed E-state index contributed by atoms with van der Waals surface area (Å²) >= 11 is 0. The third-order valence-corrected chi connectivity index (χ3v) is 7.93. The maximum absolute atomic E-state index is 11.1. The summed E-state index contributed by atoms with van der Waals surface area (Å²) in [5.41, 5.74) is 5.89. The van der Waals surface area contributed by atoms with E-state index in [0.717, 1.165) is 48.4 Å². The van der Waals surface area contributed by atoms with Crippen molar-refractivity contribution >= 4 is 12.4 Å². The van der Waals surface area contributed by atoms with E-state index < -0.39 is 0 Å². The van der Waals surface area contributed by atoms with Crippen LogP contribution in [0.15, 0.2) is 34.3 Å². The van der Waals surface area contributed by atoms with E-state index in [-0.39, 0.29) is 27.9 Å². The fraction of sp³-hybridized carbons (Fsp3) is 0.588. The van der Waals surface area contributed by atoms with Crippen LogP contribution in [-0.2, 0) is 41.0 Å². The second-order valence-electron chi connectivity index (χ2n) is 13.9. The summed E-state index contributed by atoms with van der Waals surface area (Å²) in [4.78, 5) is 12.0. The van der Waals surface area contributed by atoms with E-state index in [1.807, 2.05) is 0 Å². The van der Waals surface area contributed by atoms with Gasteiger partial charge in [-0.15, -0.1) is 0 Å². The summed E-state index contributed by atoms with van der Waals surface area (Å²) in [6.45, 7) is 18.0. The second kappa shape index (κ2) is 15.3. The summed E-state index contributed by atoms with van der Waals surface area (Å²) in [6, 6.07) is 8.47. The smallest absolute Gasteiger partial charge is 0.133 e. The summed E-state index contributed by atoms with van der Waals surface area (Å²) < 4.78 is 0. The van der Waals surface area contributed by atoms with Crippen LogP contribution in [0.2, 0.25) is 0 Å². The van der Waals surface area contributed by atoms with Crippen LogP contribution < -0.4 is 9.80 Å². The Labute approximate surface area is 259 Å². The number of nitrogens with one attached hydrogen (secondary N) is 2. The normalized spacial score (nSPS) is 20.0. The molecule has 0 aromatic heterocycles. The van der Waals surface area contributed by atoms with E-state index >= 15 is 0 Å². The minimum atomic E-state index is -0.0220. The van der Waals surface area contributed by atoms with E-state index in [4.69, 9.17) is 0 Å². The van der Waals surface area contributed by atoms with Crippen molar-refractivity contribution in [1.29, 1.82) is 0 Å². The van der Waals surface area contributed by atoms with Gasteiger partial charge in [-0.05, 0) is 71.9 Å². The number of phenolic OH excluding ortho intramolecular Hbond substituents is 2. The SMILES string of the molecule is C[NH+]1CCCCCC[NH+](C)Cc2cc(C(C)(C)C)cc(c2O)C=NCCN=Cc2cc(C(C)(C)C)cc(c2O)C1.[Cu]. The molecule has 0 spiro atoms. The van der Waals surface area contributed by atoms with Crippen molar-refractivity contribution in [1.82, 2.24) is 0 Å². The van der Waals surface area contributed by atoms with Crippen LogP contribution in [0.4, 0.5) is 0 Å². The van der Waals surface area contributed by atoms with Crippen LogP contribution in [0.3, 0.4) is 0 Å². The quantitative estimate of drug-likeness (QED) is 0.341. The zero-order valence-electron chi connectivity index (χ0n) is 26.6. The molecule has 2 aromatic rings. The van der Waals surface area contributed by atoms with Crippen LogP contribution in [0.25, 0.3) is 0 Å². The van der Waals surface area contributed by atoms with Gasteiger partial charge >= 0.3 is 0 Å². The van der Waals surface area contributed by atoms with Gasteiger partial charge < -0.3 is 20.0 Å². The Hall–Kier alpha value is -2.18. The van der Waals surface area contributed by atoms with Gasteiger partial charge in [0.05, 0.1) is 40.3 Å². The maximum Gasteiger partial charge on any atom is 0.133 e. The second-order valence-corrected chi connectivity index (χ2v) is 13.9. The molecule has 0 amide bonds. The van der Waals surface area contributed by atoms with Gasteiger partial charge in [-0.3, -0.25) is 9.98 Å². The molecule has 4 N–H and O–H groups in total. The van der Waals surface area contributed by atoms with Crippen molar-refractivity contribution in [2.75, 3.05) is 40.3 Å². The average molecular weight is 614 g/mol. The Morgan fingerprint density at radius 2 is 0.976 bits per heavy atom. The molecule has 231 valence electrons. The van der Waals surface area contributed by atoms with Gasteiger partial charge in [0.15, 0.2) is 0 Å². The van der Waals surface area contributed by atoms with Crippen LogP contribution >= 0.6 is 0 Å². The number of aromatic hydroxyl groups is 2. The van der Waals surface area contributed by atoms with E-state index in [2.05, 4.69) is 89.9 Å². The maximum atomic E-state index is 11.1. The van der Waals surface area contributed by atoms with Gasteiger partial charge in [0, 0.05) is 51.8 Å². The Morgan fingerprint density at radius 1 is 0.610 bits per heavy atom. The van der Waals surface area contributed by atoms with Gasteiger partial charge in [0.25, 0.3) is 0 Å². The van der Waals surface area contributed by atoms with Crippen molar-refractivity contribution < 1.29 is 37.1 Å². The first-order chi connectivity index (χ1) is 18.8. The molecular weight excluding hydrogens is 560 g/mol. The van der Waals surface area contributed by atoms with E-state index in [0.29, 0.717) is 24.6 Å². The summed E-state index contributed by atoms with van der Waals surface area (Å²) in [7, 11) is 4.44. The first kappa shape index (κ1) is 35.0. The number of fused-ring (bicyclic) bond motifs is 4. The molecular formula is C34H54CuN4O2+2. The fourth-order valence-electron chi connectivity index (χ4n) is 5.25. The van der Waals surface area contributed by atoms with E-state index in [1.165, 1.54) is 46.6 Å². The molecule has 3 rings (SSSR count). The molecule has 1 heterocycles. The Balaban J connectivity index is 0.00000588. The van der Waals surface area contributed by atoms with Crippen LogP contribution in [0, 0.1) is 0 Å². The van der Waals surface area contributed by atoms with Crippen LogP contribution in [0.5, 0.6) is 11.5 Å². The predicted molar refractivity (Wildman–Crippen MR) is 168 cm³/mol. The number of quaternary nitrogens is 2. The van der Waals surface area contributed by atoms with Gasteiger partial charge in [0.1, 0.15) is 24.6 Å². The van der Waals surface area contributed by atoms with Crippen molar-refractivity contribution in [3.8, 4) is 11.5 Å². The molecule has 7 heteroatoms. The third kappa shape index (κ3) is 10.5. The number of hydrogen-bond donors (Lipinski definition) is 4. The van der Waals surface area contributed by atoms with E-state index in [9.17, 15) is 10.2 Å². The summed E-state index contributed by atoms with van der Waals surface area (Å²) in [5, 5.41) is 22.3. The molecule has 41 heavy (non-hydrogen) atoms. The molecule has 1 aliphatic heterocycles. The minimum absolute atomic E-state index is 0. The number of aliphatic imine (C=N–C) groups is 2. The average Bonchev–Trinajstić information content (AvgIpc) is 2.85. The first-order valence-corrected chi connectivity index (χ1v) is 15.1. The number of phenols is 2. The fourth-order valence-corrected chi connectivity index (χ4v) is 5.25. The van der Waals surface area contributed by atoms with Gasteiger partial charge in [-0.25, -0.2) is 0 Å². The zero-order valence-corrected chi connectivity index (χ0v) is 27.6. The Bertz CT molecular complexity index is 1100. The topological polar surface area (TPSA) is 74.1 Å². The number of benzene rings is 2. The molecule has 1 aliphatic rings. The Kier molecular flexibility index (Phi) is 13.1. The molecule has 2 atom stereocenters. The first-order valence-electron chi connectivity index (χ1n) is 15.1. The van der Waals surface area contributed by atoms with Gasteiger partial charge in [-0.2, -0.15) is 0 Å². The number of nitrogens with zero attached hydrogens (tertiary/aromatic N) is 2. The van der Waals surface area contributed by atoms with Gasteiger partial charge in [0.2, 0.25) is 0 Å². The number of hydrogen-bond acceptors (Lipinski definition) is 4.